The molecule has 0 radical (unpaired) electrons. The molecule has 4 heterocycles. The fraction of sp³-hybridized carbons (Fsp3) is 0.273. The highest BCUT2D eigenvalue weighted by Crippen LogP contribution is 2.33. The summed E-state index contributed by atoms with van der Waals surface area (Å²) in [4.78, 5) is 11.7. The van der Waals surface area contributed by atoms with E-state index in [1.807, 2.05) is 43.6 Å². The molecule has 0 spiro atoms. The lowest BCUT2D eigenvalue weighted by molar-refractivity contribution is 0.225. The van der Waals surface area contributed by atoms with Crippen LogP contribution in [0.25, 0.3) is 22.6 Å². The maximum atomic E-state index is 6.18. The number of fused-ring (bicyclic) bond motifs is 1. The second-order valence-electron chi connectivity index (χ2n) is 7.13. The molecular weight excluding hydrogens is 336 g/mol. The van der Waals surface area contributed by atoms with Crippen LogP contribution in [0.2, 0.25) is 0 Å². The van der Waals surface area contributed by atoms with Crippen molar-refractivity contribution in [2.24, 2.45) is 7.05 Å². The van der Waals surface area contributed by atoms with E-state index in [1.54, 1.807) is 0 Å². The topological polar surface area (TPSA) is 47.1 Å². The number of para-hydroxylation sites is 2. The second kappa shape index (κ2) is 6.67. The van der Waals surface area contributed by atoms with Crippen molar-refractivity contribution in [3.63, 3.8) is 0 Å². The summed E-state index contributed by atoms with van der Waals surface area (Å²) in [5, 5.41) is 0. The molecule has 1 saturated heterocycles. The molecule has 0 unspecified atom stereocenters. The van der Waals surface area contributed by atoms with Crippen LogP contribution in [-0.4, -0.2) is 26.0 Å². The predicted octanol–water partition coefficient (Wildman–Crippen LogP) is 4.57. The van der Waals surface area contributed by atoms with Gasteiger partial charge in [-0.25, -0.2) is 4.98 Å². The maximum Gasteiger partial charge on any atom is 0.176 e. The van der Waals surface area contributed by atoms with E-state index in [4.69, 9.17) is 9.40 Å². The molecule has 0 bridgehead atoms. The Hall–Kier alpha value is -2.92. The molecule has 4 aromatic rings. The van der Waals surface area contributed by atoms with Gasteiger partial charge in [0.1, 0.15) is 5.76 Å². The molecule has 1 aliphatic heterocycles. The summed E-state index contributed by atoms with van der Waals surface area (Å²) in [5.74, 6) is 2.65. The highest BCUT2D eigenvalue weighted by molar-refractivity contribution is 5.79. The first-order chi connectivity index (χ1) is 13.3. The fourth-order valence-corrected chi connectivity index (χ4v) is 4.07. The minimum absolute atomic E-state index is 0.371. The van der Waals surface area contributed by atoms with Crippen LogP contribution in [0, 0.1) is 0 Å². The molecule has 5 rings (SSSR count). The van der Waals surface area contributed by atoms with E-state index >= 15 is 0 Å². The van der Waals surface area contributed by atoms with Gasteiger partial charge in [-0.1, -0.05) is 18.2 Å². The number of imidazole rings is 1. The third-order valence-corrected chi connectivity index (χ3v) is 5.42. The normalized spacial score (nSPS) is 17.7. The Kier molecular flexibility index (Phi) is 4.02. The van der Waals surface area contributed by atoms with Crippen LogP contribution in [0.3, 0.4) is 0 Å². The van der Waals surface area contributed by atoms with Gasteiger partial charge in [0.05, 0.1) is 29.3 Å². The standard InChI is InChI=1S/C22H22N4O/c1-25-19-9-3-2-8-18(19)24-22(25)21-12-11-16(27-21)15-26-14-6-10-20(26)17-7-4-5-13-23-17/h2-5,7-9,11-13,20H,6,10,14-15H2,1H3/t20-/m1/s1. The van der Waals surface area contributed by atoms with Gasteiger partial charge in [0.15, 0.2) is 11.6 Å². The highest BCUT2D eigenvalue weighted by atomic mass is 16.3. The number of furan rings is 1. The van der Waals surface area contributed by atoms with Crippen molar-refractivity contribution in [2.45, 2.75) is 25.4 Å². The molecule has 136 valence electrons. The molecule has 5 nitrogen and oxygen atoms in total. The van der Waals surface area contributed by atoms with E-state index in [-0.39, 0.29) is 0 Å². The number of benzene rings is 1. The summed E-state index contributed by atoms with van der Waals surface area (Å²) in [6.07, 6.45) is 4.22. The van der Waals surface area contributed by atoms with Crippen LogP contribution in [0.1, 0.15) is 30.3 Å². The molecule has 1 aliphatic rings. The quantitative estimate of drug-likeness (QED) is 0.536. The molecule has 27 heavy (non-hydrogen) atoms. The molecule has 1 aromatic carbocycles. The van der Waals surface area contributed by atoms with Gasteiger partial charge in [0, 0.05) is 13.2 Å². The number of aromatic nitrogens is 3. The molecule has 0 saturated carbocycles. The van der Waals surface area contributed by atoms with Gasteiger partial charge in [-0.15, -0.1) is 0 Å². The van der Waals surface area contributed by atoms with Gasteiger partial charge in [-0.05, 0) is 55.8 Å². The van der Waals surface area contributed by atoms with Crippen molar-refractivity contribution in [1.82, 2.24) is 19.4 Å². The van der Waals surface area contributed by atoms with E-state index in [0.717, 1.165) is 53.6 Å². The van der Waals surface area contributed by atoms with Crippen LogP contribution in [0.15, 0.2) is 65.2 Å². The van der Waals surface area contributed by atoms with E-state index in [0.29, 0.717) is 6.04 Å². The Bertz CT molecular complexity index is 1070. The summed E-state index contributed by atoms with van der Waals surface area (Å²) in [7, 11) is 2.03. The Morgan fingerprint density at radius 1 is 1.07 bits per heavy atom. The number of hydrogen-bond acceptors (Lipinski definition) is 4. The lowest BCUT2D eigenvalue weighted by Crippen LogP contribution is -2.23. The lowest BCUT2D eigenvalue weighted by atomic mass is 10.1. The zero-order chi connectivity index (χ0) is 18.2. The van der Waals surface area contributed by atoms with Crippen molar-refractivity contribution < 1.29 is 4.42 Å². The van der Waals surface area contributed by atoms with Gasteiger partial charge in [-0.2, -0.15) is 0 Å². The molecular formula is C22H22N4O. The van der Waals surface area contributed by atoms with Crippen LogP contribution < -0.4 is 0 Å². The van der Waals surface area contributed by atoms with Crippen LogP contribution in [0.4, 0.5) is 0 Å². The Balaban J connectivity index is 1.40. The third kappa shape index (κ3) is 2.94. The Labute approximate surface area is 158 Å². The van der Waals surface area contributed by atoms with Crippen molar-refractivity contribution in [3.05, 3.63) is 72.2 Å². The largest absolute Gasteiger partial charge is 0.456 e. The SMILES string of the molecule is Cn1c(-c2ccc(CN3CCC[C@@H]3c3ccccn3)o2)nc2ccccc21. The number of aryl methyl sites for hydroxylation is 1. The summed E-state index contributed by atoms with van der Waals surface area (Å²) < 4.78 is 8.27. The van der Waals surface area contributed by atoms with Gasteiger partial charge in [0.25, 0.3) is 0 Å². The molecule has 0 amide bonds. The smallest absolute Gasteiger partial charge is 0.176 e. The van der Waals surface area contributed by atoms with Crippen molar-refractivity contribution in [3.8, 4) is 11.6 Å². The monoisotopic (exact) mass is 358 g/mol. The minimum Gasteiger partial charge on any atom is -0.456 e. The molecule has 1 atom stereocenters. The Morgan fingerprint density at radius 3 is 2.81 bits per heavy atom. The molecule has 0 aliphatic carbocycles. The van der Waals surface area contributed by atoms with Gasteiger partial charge in [-0.3, -0.25) is 9.88 Å². The first-order valence-corrected chi connectivity index (χ1v) is 9.45. The molecule has 3 aromatic heterocycles. The van der Waals surface area contributed by atoms with E-state index in [2.05, 4.69) is 38.7 Å². The lowest BCUT2D eigenvalue weighted by Gasteiger charge is -2.22. The average molecular weight is 358 g/mol. The van der Waals surface area contributed by atoms with Crippen LogP contribution in [0.5, 0.6) is 0 Å². The van der Waals surface area contributed by atoms with Crippen LogP contribution >= 0.6 is 0 Å². The minimum atomic E-state index is 0.371. The van der Waals surface area contributed by atoms with E-state index < -0.39 is 0 Å². The maximum absolute atomic E-state index is 6.18. The van der Waals surface area contributed by atoms with E-state index in [9.17, 15) is 0 Å². The van der Waals surface area contributed by atoms with Crippen LogP contribution in [-0.2, 0) is 13.6 Å². The van der Waals surface area contributed by atoms with Crippen molar-refractivity contribution in [1.29, 1.82) is 0 Å². The van der Waals surface area contributed by atoms with Gasteiger partial charge in [0.2, 0.25) is 0 Å². The average Bonchev–Trinajstić information content (AvgIpc) is 3.43. The number of likely N-dealkylation sites (tertiary alicyclic amines) is 1. The summed E-state index contributed by atoms with van der Waals surface area (Å²) >= 11 is 0. The first-order valence-electron chi connectivity index (χ1n) is 9.45. The number of hydrogen-bond donors (Lipinski definition) is 0. The number of pyridine rings is 1. The second-order valence-corrected chi connectivity index (χ2v) is 7.13. The first kappa shape index (κ1) is 16.3. The van der Waals surface area contributed by atoms with E-state index in [1.165, 1.54) is 6.42 Å². The van der Waals surface area contributed by atoms with Crippen molar-refractivity contribution in [2.75, 3.05) is 6.54 Å². The Morgan fingerprint density at radius 2 is 1.96 bits per heavy atom. The van der Waals surface area contributed by atoms with Gasteiger partial charge < -0.3 is 8.98 Å². The molecule has 0 N–H and O–H groups in total. The predicted molar refractivity (Wildman–Crippen MR) is 105 cm³/mol. The highest BCUT2D eigenvalue weighted by Gasteiger charge is 2.27. The number of nitrogens with zero attached hydrogens (tertiary/aromatic N) is 4. The summed E-state index contributed by atoms with van der Waals surface area (Å²) in [5.41, 5.74) is 3.25. The third-order valence-electron chi connectivity index (χ3n) is 5.42. The molecule has 5 heteroatoms. The fourth-order valence-electron chi connectivity index (χ4n) is 4.07. The zero-order valence-corrected chi connectivity index (χ0v) is 15.4. The summed E-state index contributed by atoms with van der Waals surface area (Å²) in [6, 6.07) is 18.8. The summed E-state index contributed by atoms with van der Waals surface area (Å²) in [6.45, 7) is 1.87. The zero-order valence-electron chi connectivity index (χ0n) is 15.4. The van der Waals surface area contributed by atoms with Gasteiger partial charge >= 0.3 is 0 Å². The van der Waals surface area contributed by atoms with Crippen molar-refractivity contribution >= 4 is 11.0 Å². The molecule has 1 fully saturated rings. The number of rotatable bonds is 4.